The largest absolute Gasteiger partial charge is 0.383 e. The number of nitrogens with zero attached hydrogens (tertiary/aromatic N) is 3. The van der Waals surface area contributed by atoms with E-state index in [9.17, 15) is 0 Å². The topological polar surface area (TPSA) is 55.0 Å². The van der Waals surface area contributed by atoms with Crippen LogP contribution >= 0.6 is 11.3 Å². The molecule has 1 unspecified atom stereocenters. The lowest BCUT2D eigenvalue weighted by Crippen LogP contribution is -2.32. The predicted molar refractivity (Wildman–Crippen MR) is 77.7 cm³/mol. The van der Waals surface area contributed by atoms with Crippen LogP contribution < -0.4 is 5.73 Å². The summed E-state index contributed by atoms with van der Waals surface area (Å²) in [6.45, 7) is 8.37. The second-order valence-electron chi connectivity index (χ2n) is 4.48. The Balaban J connectivity index is 2.25. The molecule has 18 heavy (non-hydrogen) atoms. The van der Waals surface area contributed by atoms with Crippen LogP contribution in [0.5, 0.6) is 0 Å². The third kappa shape index (κ3) is 2.62. The number of nitrogens with two attached hydrogens (primary N) is 1. The minimum Gasteiger partial charge on any atom is -0.383 e. The quantitative estimate of drug-likeness (QED) is 0.902. The van der Waals surface area contributed by atoms with Crippen molar-refractivity contribution in [3.05, 3.63) is 17.3 Å². The summed E-state index contributed by atoms with van der Waals surface area (Å²) < 4.78 is 0. The van der Waals surface area contributed by atoms with Crippen LogP contribution in [0.2, 0.25) is 0 Å². The van der Waals surface area contributed by atoms with Crippen LogP contribution in [0.15, 0.2) is 11.4 Å². The number of rotatable bonds is 5. The van der Waals surface area contributed by atoms with E-state index in [0.29, 0.717) is 11.9 Å². The van der Waals surface area contributed by atoms with Crippen LogP contribution in [0.4, 0.5) is 5.82 Å². The summed E-state index contributed by atoms with van der Waals surface area (Å²) >= 11 is 1.61. The Labute approximate surface area is 112 Å². The molecule has 2 aromatic rings. The second kappa shape index (κ2) is 5.63. The Kier molecular flexibility index (Phi) is 4.14. The molecule has 0 spiro atoms. The fourth-order valence-electron chi connectivity index (χ4n) is 2.01. The summed E-state index contributed by atoms with van der Waals surface area (Å²) in [6.07, 6.45) is 1.13. The van der Waals surface area contributed by atoms with Crippen molar-refractivity contribution in [2.24, 2.45) is 0 Å². The SMILES string of the molecule is CCC(C)N(CC)Cc1nc(N)c2ccsc2n1. The number of aromatic nitrogens is 2. The van der Waals surface area contributed by atoms with Crippen LogP contribution in [0.3, 0.4) is 0 Å². The number of hydrogen-bond donors (Lipinski definition) is 1. The van der Waals surface area contributed by atoms with Gasteiger partial charge in [0.1, 0.15) is 16.5 Å². The zero-order valence-electron chi connectivity index (χ0n) is 11.2. The van der Waals surface area contributed by atoms with Crippen molar-refractivity contribution >= 4 is 27.4 Å². The lowest BCUT2D eigenvalue weighted by Gasteiger charge is -2.26. The molecule has 0 aromatic carbocycles. The van der Waals surface area contributed by atoms with Gasteiger partial charge < -0.3 is 5.73 Å². The van der Waals surface area contributed by atoms with Crippen molar-refractivity contribution < 1.29 is 0 Å². The van der Waals surface area contributed by atoms with Gasteiger partial charge in [-0.3, -0.25) is 4.90 Å². The van der Waals surface area contributed by atoms with Crippen molar-refractivity contribution in [3.8, 4) is 0 Å². The van der Waals surface area contributed by atoms with Gasteiger partial charge in [0.2, 0.25) is 0 Å². The van der Waals surface area contributed by atoms with Gasteiger partial charge in [-0.25, -0.2) is 9.97 Å². The van der Waals surface area contributed by atoms with Gasteiger partial charge in [-0.1, -0.05) is 13.8 Å². The van der Waals surface area contributed by atoms with Gasteiger partial charge in [-0.2, -0.15) is 0 Å². The normalized spacial score (nSPS) is 13.3. The summed E-state index contributed by atoms with van der Waals surface area (Å²) in [6, 6.07) is 2.52. The molecule has 0 aliphatic rings. The van der Waals surface area contributed by atoms with Crippen molar-refractivity contribution in [1.82, 2.24) is 14.9 Å². The number of hydrogen-bond acceptors (Lipinski definition) is 5. The summed E-state index contributed by atoms with van der Waals surface area (Å²) in [4.78, 5) is 12.3. The third-order valence-electron chi connectivity index (χ3n) is 3.37. The number of thiophene rings is 1. The summed E-state index contributed by atoms with van der Waals surface area (Å²) in [7, 11) is 0. The van der Waals surface area contributed by atoms with Gasteiger partial charge in [0.05, 0.1) is 11.9 Å². The highest BCUT2D eigenvalue weighted by Crippen LogP contribution is 2.23. The lowest BCUT2D eigenvalue weighted by molar-refractivity contribution is 0.201. The predicted octanol–water partition coefficient (Wildman–Crippen LogP) is 2.89. The van der Waals surface area contributed by atoms with E-state index in [-0.39, 0.29) is 0 Å². The third-order valence-corrected chi connectivity index (χ3v) is 4.17. The van der Waals surface area contributed by atoms with Crippen molar-refractivity contribution in [3.63, 3.8) is 0 Å². The van der Waals surface area contributed by atoms with Gasteiger partial charge in [-0.05, 0) is 31.3 Å². The van der Waals surface area contributed by atoms with Crippen molar-refractivity contribution in [1.29, 1.82) is 0 Å². The molecule has 2 heterocycles. The van der Waals surface area contributed by atoms with Gasteiger partial charge >= 0.3 is 0 Å². The minimum atomic E-state index is 0.541. The molecule has 2 N–H and O–H groups in total. The average Bonchev–Trinajstić information content (AvgIpc) is 2.83. The molecule has 0 bridgehead atoms. The molecule has 2 aromatic heterocycles. The van der Waals surface area contributed by atoms with Gasteiger partial charge in [0.25, 0.3) is 0 Å². The first-order valence-corrected chi connectivity index (χ1v) is 7.27. The number of fused-ring (bicyclic) bond motifs is 1. The van der Waals surface area contributed by atoms with E-state index in [1.807, 2.05) is 11.4 Å². The molecule has 1 atom stereocenters. The molecule has 5 heteroatoms. The number of nitrogen functional groups attached to an aromatic ring is 1. The molecule has 0 fully saturated rings. The fraction of sp³-hybridized carbons (Fsp3) is 0.538. The molecule has 0 amide bonds. The van der Waals surface area contributed by atoms with E-state index in [1.54, 1.807) is 11.3 Å². The van der Waals surface area contributed by atoms with Crippen LogP contribution in [0.1, 0.15) is 33.0 Å². The molecule has 98 valence electrons. The maximum Gasteiger partial charge on any atom is 0.146 e. The Morgan fingerprint density at radius 2 is 2.17 bits per heavy atom. The molecule has 0 aliphatic carbocycles. The van der Waals surface area contributed by atoms with E-state index in [0.717, 1.165) is 35.6 Å². The highest BCUT2D eigenvalue weighted by Gasteiger charge is 2.13. The Hall–Kier alpha value is -1.20. The van der Waals surface area contributed by atoms with Gasteiger partial charge in [-0.15, -0.1) is 11.3 Å². The standard InChI is InChI=1S/C13H20N4S/c1-4-9(3)17(5-2)8-11-15-12(14)10-6-7-18-13(10)16-11/h6-7,9H,4-5,8H2,1-3H3,(H2,14,15,16). The molecule has 0 saturated heterocycles. The van der Waals surface area contributed by atoms with E-state index in [4.69, 9.17) is 5.73 Å². The maximum atomic E-state index is 5.96. The molecular weight excluding hydrogens is 244 g/mol. The minimum absolute atomic E-state index is 0.541. The van der Waals surface area contributed by atoms with Crippen LogP contribution in [0.25, 0.3) is 10.2 Å². The first kappa shape index (κ1) is 13.2. The zero-order chi connectivity index (χ0) is 13.1. The Morgan fingerprint density at radius 1 is 1.39 bits per heavy atom. The van der Waals surface area contributed by atoms with Crippen molar-refractivity contribution in [2.75, 3.05) is 12.3 Å². The Bertz CT molecular complexity index is 523. The molecule has 0 radical (unpaired) electrons. The summed E-state index contributed by atoms with van der Waals surface area (Å²) in [5, 5.41) is 2.97. The average molecular weight is 264 g/mol. The van der Waals surface area contributed by atoms with E-state index >= 15 is 0 Å². The molecular formula is C13H20N4S. The van der Waals surface area contributed by atoms with Crippen LogP contribution in [0, 0.1) is 0 Å². The molecule has 2 rings (SSSR count). The van der Waals surface area contributed by atoms with E-state index < -0.39 is 0 Å². The molecule has 0 saturated carbocycles. The molecule has 0 aliphatic heterocycles. The lowest BCUT2D eigenvalue weighted by atomic mass is 10.2. The van der Waals surface area contributed by atoms with Gasteiger partial charge in [0, 0.05) is 6.04 Å². The maximum absolute atomic E-state index is 5.96. The fourth-order valence-corrected chi connectivity index (χ4v) is 2.80. The summed E-state index contributed by atoms with van der Waals surface area (Å²) in [5.74, 6) is 1.42. The highest BCUT2D eigenvalue weighted by molar-refractivity contribution is 7.16. The first-order valence-electron chi connectivity index (χ1n) is 6.39. The number of anilines is 1. The highest BCUT2D eigenvalue weighted by atomic mass is 32.1. The zero-order valence-corrected chi connectivity index (χ0v) is 12.0. The first-order chi connectivity index (χ1) is 8.65. The van der Waals surface area contributed by atoms with E-state index in [1.165, 1.54) is 0 Å². The van der Waals surface area contributed by atoms with E-state index in [2.05, 4.69) is 35.6 Å². The van der Waals surface area contributed by atoms with Crippen LogP contribution in [-0.2, 0) is 6.54 Å². The summed E-state index contributed by atoms with van der Waals surface area (Å²) in [5.41, 5.74) is 5.96. The van der Waals surface area contributed by atoms with Crippen LogP contribution in [-0.4, -0.2) is 27.5 Å². The van der Waals surface area contributed by atoms with Crippen molar-refractivity contribution in [2.45, 2.75) is 39.8 Å². The smallest absolute Gasteiger partial charge is 0.146 e. The second-order valence-corrected chi connectivity index (χ2v) is 5.38. The molecule has 4 nitrogen and oxygen atoms in total. The van der Waals surface area contributed by atoms with Gasteiger partial charge in [0.15, 0.2) is 0 Å². The monoisotopic (exact) mass is 264 g/mol. The Morgan fingerprint density at radius 3 is 2.83 bits per heavy atom.